The monoisotopic (exact) mass is 406 g/mol. The number of para-hydroxylation sites is 1. The van der Waals surface area contributed by atoms with Crippen LogP contribution in [-0.4, -0.2) is 12.8 Å². The molecule has 0 aliphatic heterocycles. The number of hydrogen-bond donors (Lipinski definition) is 1. The lowest BCUT2D eigenvalue weighted by molar-refractivity contribution is 0.363. The molecule has 1 N–H and O–H groups in total. The van der Waals surface area contributed by atoms with Crippen molar-refractivity contribution in [2.75, 3.05) is 12.0 Å². The number of ether oxygens (including phenoxy) is 1. The lowest BCUT2D eigenvalue weighted by Gasteiger charge is -2.08. The van der Waals surface area contributed by atoms with Gasteiger partial charge in [0.1, 0.15) is 12.4 Å². The molecule has 0 atom stereocenters. The van der Waals surface area contributed by atoms with Crippen molar-refractivity contribution in [3.8, 4) is 5.75 Å². The molecule has 26 heavy (non-hydrogen) atoms. The van der Waals surface area contributed by atoms with E-state index >= 15 is 0 Å². The molecular formula is C22H19BrN2O. The number of hydrogen-bond acceptors (Lipinski definition) is 3. The fraction of sp³-hybridized carbons (Fsp3) is 0.0455. The van der Waals surface area contributed by atoms with Gasteiger partial charge < -0.3 is 4.74 Å². The van der Waals surface area contributed by atoms with Gasteiger partial charge in [-0.25, -0.2) is 0 Å². The second-order valence-electron chi connectivity index (χ2n) is 5.54. The highest BCUT2D eigenvalue weighted by molar-refractivity contribution is 9.10. The highest BCUT2D eigenvalue weighted by Gasteiger charge is 2.02. The maximum Gasteiger partial charge on any atom is 0.128 e. The van der Waals surface area contributed by atoms with Crippen molar-refractivity contribution in [1.82, 2.24) is 0 Å². The van der Waals surface area contributed by atoms with Crippen LogP contribution in [0.4, 0.5) is 5.69 Å². The lowest BCUT2D eigenvalue weighted by Crippen LogP contribution is -1.98. The summed E-state index contributed by atoms with van der Waals surface area (Å²) >= 11 is 3.49. The molecule has 0 saturated heterocycles. The van der Waals surface area contributed by atoms with Gasteiger partial charge in [-0.1, -0.05) is 70.5 Å². The number of benzene rings is 3. The van der Waals surface area contributed by atoms with E-state index in [1.54, 1.807) is 6.21 Å². The third-order valence-electron chi connectivity index (χ3n) is 3.59. The molecule has 0 radical (unpaired) electrons. The molecule has 0 aliphatic rings. The Labute approximate surface area is 162 Å². The maximum absolute atomic E-state index is 5.89. The fourth-order valence-corrected chi connectivity index (χ4v) is 2.71. The molecule has 130 valence electrons. The Morgan fingerprint density at radius 1 is 0.923 bits per heavy atom. The number of halogens is 1. The molecule has 3 rings (SSSR count). The van der Waals surface area contributed by atoms with Crippen molar-refractivity contribution >= 4 is 33.9 Å². The number of anilines is 1. The molecule has 0 aliphatic carbocycles. The Bertz CT molecular complexity index is 877. The molecule has 0 saturated carbocycles. The van der Waals surface area contributed by atoms with Gasteiger partial charge in [0.25, 0.3) is 0 Å². The summed E-state index contributed by atoms with van der Waals surface area (Å²) in [6.07, 6.45) is 5.80. The van der Waals surface area contributed by atoms with Gasteiger partial charge in [0.15, 0.2) is 0 Å². The molecule has 0 amide bonds. The van der Waals surface area contributed by atoms with Gasteiger partial charge in [-0.3, -0.25) is 5.43 Å². The van der Waals surface area contributed by atoms with Gasteiger partial charge in [-0.2, -0.15) is 5.10 Å². The Morgan fingerprint density at radius 2 is 1.65 bits per heavy atom. The van der Waals surface area contributed by atoms with Crippen LogP contribution in [0.15, 0.2) is 94.5 Å². The molecule has 0 aromatic heterocycles. The zero-order chi connectivity index (χ0) is 18.0. The van der Waals surface area contributed by atoms with E-state index < -0.39 is 0 Å². The zero-order valence-corrected chi connectivity index (χ0v) is 15.8. The molecule has 4 heteroatoms. The quantitative estimate of drug-likeness (QED) is 0.386. The van der Waals surface area contributed by atoms with Crippen LogP contribution in [0.25, 0.3) is 6.08 Å². The first-order chi connectivity index (χ1) is 12.8. The third kappa shape index (κ3) is 5.60. The maximum atomic E-state index is 5.89. The largest absolute Gasteiger partial charge is 0.489 e. The predicted molar refractivity (Wildman–Crippen MR) is 113 cm³/mol. The first-order valence-electron chi connectivity index (χ1n) is 8.29. The third-order valence-corrected chi connectivity index (χ3v) is 4.08. The first kappa shape index (κ1) is 18.0. The number of nitrogens with zero attached hydrogens (tertiary/aromatic N) is 1. The summed E-state index contributed by atoms with van der Waals surface area (Å²) in [6.45, 7) is 0.490. The van der Waals surface area contributed by atoms with Gasteiger partial charge >= 0.3 is 0 Å². The summed E-state index contributed by atoms with van der Waals surface area (Å²) in [5.74, 6) is 0.782. The van der Waals surface area contributed by atoms with Gasteiger partial charge in [-0.05, 0) is 42.0 Å². The molecule has 0 fully saturated rings. The van der Waals surface area contributed by atoms with Crippen molar-refractivity contribution in [3.05, 3.63) is 101 Å². The van der Waals surface area contributed by atoms with Gasteiger partial charge in [0.2, 0.25) is 0 Å². The Morgan fingerprint density at radius 3 is 2.42 bits per heavy atom. The summed E-state index contributed by atoms with van der Waals surface area (Å²) < 4.78 is 6.87. The standard InChI is InChI=1S/C22H19BrN2O/c23-20-13-14-22(26-15-7-10-18-8-3-1-4-9-18)19(16-20)17-24-25-21-11-5-2-6-12-21/h1-14,16-17,25H,15H2. The van der Waals surface area contributed by atoms with Crippen molar-refractivity contribution in [2.24, 2.45) is 5.10 Å². The first-order valence-corrected chi connectivity index (χ1v) is 9.08. The van der Waals surface area contributed by atoms with Crippen LogP contribution in [0.2, 0.25) is 0 Å². The van der Waals surface area contributed by atoms with E-state index in [4.69, 9.17) is 4.74 Å². The summed E-state index contributed by atoms with van der Waals surface area (Å²) in [5.41, 5.74) is 6.00. The topological polar surface area (TPSA) is 33.6 Å². The van der Waals surface area contributed by atoms with E-state index in [0.29, 0.717) is 6.61 Å². The zero-order valence-electron chi connectivity index (χ0n) is 14.2. The molecule has 0 spiro atoms. The van der Waals surface area contributed by atoms with Crippen molar-refractivity contribution in [2.45, 2.75) is 0 Å². The normalized spacial score (nSPS) is 11.1. The van der Waals surface area contributed by atoms with E-state index in [1.807, 2.05) is 78.9 Å². The molecule has 3 aromatic carbocycles. The van der Waals surface area contributed by atoms with Crippen LogP contribution in [0, 0.1) is 0 Å². The second kappa shape index (κ2) is 9.59. The van der Waals surface area contributed by atoms with Crippen molar-refractivity contribution < 1.29 is 4.74 Å². The minimum absolute atomic E-state index is 0.490. The Hall–Kier alpha value is -2.85. The Kier molecular flexibility index (Phi) is 6.62. The second-order valence-corrected chi connectivity index (χ2v) is 6.46. The summed E-state index contributed by atoms with van der Waals surface area (Å²) in [6, 6.07) is 25.8. The van der Waals surface area contributed by atoms with Gasteiger partial charge in [0.05, 0.1) is 11.9 Å². The van der Waals surface area contributed by atoms with Gasteiger partial charge in [-0.15, -0.1) is 0 Å². The Balaban J connectivity index is 1.63. The smallest absolute Gasteiger partial charge is 0.128 e. The lowest BCUT2D eigenvalue weighted by atomic mass is 10.2. The van der Waals surface area contributed by atoms with Crippen LogP contribution < -0.4 is 10.2 Å². The van der Waals surface area contributed by atoms with Crippen LogP contribution in [0.5, 0.6) is 5.75 Å². The summed E-state index contributed by atoms with van der Waals surface area (Å²) in [5, 5.41) is 4.30. The average molecular weight is 407 g/mol. The van der Waals surface area contributed by atoms with E-state index in [-0.39, 0.29) is 0 Å². The van der Waals surface area contributed by atoms with Crippen LogP contribution in [-0.2, 0) is 0 Å². The SMILES string of the molecule is Brc1ccc(OCC=Cc2ccccc2)c(C=NNc2ccccc2)c1. The molecule has 0 bridgehead atoms. The number of hydrazone groups is 1. The van der Waals surface area contributed by atoms with Crippen LogP contribution in [0.1, 0.15) is 11.1 Å². The molecule has 3 nitrogen and oxygen atoms in total. The van der Waals surface area contributed by atoms with Crippen LogP contribution >= 0.6 is 15.9 Å². The van der Waals surface area contributed by atoms with E-state index in [2.05, 4.69) is 38.6 Å². The minimum atomic E-state index is 0.490. The predicted octanol–water partition coefficient (Wildman–Crippen LogP) is 5.99. The highest BCUT2D eigenvalue weighted by atomic mass is 79.9. The molecule has 0 unspecified atom stereocenters. The average Bonchev–Trinajstić information content (AvgIpc) is 2.68. The highest BCUT2D eigenvalue weighted by Crippen LogP contribution is 2.22. The molecular weight excluding hydrogens is 388 g/mol. The number of nitrogens with one attached hydrogen (secondary N) is 1. The molecule has 0 heterocycles. The fourth-order valence-electron chi connectivity index (χ4n) is 2.33. The van der Waals surface area contributed by atoms with Crippen LogP contribution in [0.3, 0.4) is 0 Å². The summed E-state index contributed by atoms with van der Waals surface area (Å²) in [7, 11) is 0. The number of rotatable bonds is 7. The van der Waals surface area contributed by atoms with Gasteiger partial charge in [0, 0.05) is 10.0 Å². The minimum Gasteiger partial charge on any atom is -0.489 e. The molecule has 3 aromatic rings. The summed E-state index contributed by atoms with van der Waals surface area (Å²) in [4.78, 5) is 0. The van der Waals surface area contributed by atoms with E-state index in [1.165, 1.54) is 0 Å². The van der Waals surface area contributed by atoms with E-state index in [0.717, 1.165) is 27.0 Å². The van der Waals surface area contributed by atoms with E-state index in [9.17, 15) is 0 Å². The van der Waals surface area contributed by atoms with Crippen molar-refractivity contribution in [3.63, 3.8) is 0 Å². The van der Waals surface area contributed by atoms with Crippen molar-refractivity contribution in [1.29, 1.82) is 0 Å².